The smallest absolute Gasteiger partial charge is 0.222 e. The van der Waals surface area contributed by atoms with Crippen molar-refractivity contribution in [2.75, 3.05) is 40.5 Å². The van der Waals surface area contributed by atoms with Crippen LogP contribution in [0.4, 0.5) is 0 Å². The van der Waals surface area contributed by atoms with E-state index in [9.17, 15) is 4.79 Å². The number of hydrogen-bond acceptors (Lipinski definition) is 4. The Hall–Kier alpha value is -1.55. The van der Waals surface area contributed by atoms with E-state index >= 15 is 0 Å². The van der Waals surface area contributed by atoms with E-state index in [0.29, 0.717) is 26.2 Å². The minimum Gasteiger partial charge on any atom is -0.491 e. The van der Waals surface area contributed by atoms with Gasteiger partial charge in [0, 0.05) is 46.3 Å². The van der Waals surface area contributed by atoms with Gasteiger partial charge >= 0.3 is 0 Å². The van der Waals surface area contributed by atoms with Gasteiger partial charge in [-0.15, -0.1) is 24.0 Å². The van der Waals surface area contributed by atoms with Gasteiger partial charge in [0.05, 0.1) is 6.61 Å². The first kappa shape index (κ1) is 23.5. The first-order chi connectivity index (χ1) is 12.7. The van der Waals surface area contributed by atoms with Crippen LogP contribution >= 0.6 is 24.0 Å². The highest BCUT2D eigenvalue weighted by atomic mass is 127. The summed E-state index contributed by atoms with van der Waals surface area (Å²) in [5, 5.41) is 6.71. The second-order valence-electron chi connectivity index (χ2n) is 6.23. The predicted octanol–water partition coefficient (Wildman–Crippen LogP) is 2.01. The molecule has 2 rings (SSSR count). The average molecular weight is 490 g/mol. The van der Waals surface area contributed by atoms with E-state index in [0.717, 1.165) is 36.8 Å². The highest BCUT2D eigenvalue weighted by Crippen LogP contribution is 2.12. The fourth-order valence-electron chi connectivity index (χ4n) is 2.85. The van der Waals surface area contributed by atoms with Crippen LogP contribution in [0, 0.1) is 0 Å². The normalized spacial score (nSPS) is 16.6. The van der Waals surface area contributed by atoms with Gasteiger partial charge in [0.25, 0.3) is 0 Å². The Balaban J connectivity index is 0.00000364. The van der Waals surface area contributed by atoms with E-state index in [-0.39, 0.29) is 35.9 Å². The number of ether oxygens (including phenoxy) is 2. The van der Waals surface area contributed by atoms with Crippen LogP contribution in [0.25, 0.3) is 0 Å². The lowest BCUT2D eigenvalue weighted by Crippen LogP contribution is -2.44. The van der Waals surface area contributed by atoms with Crippen LogP contribution in [0.15, 0.2) is 29.3 Å². The quantitative estimate of drug-likeness (QED) is 0.253. The maximum absolute atomic E-state index is 11.8. The lowest BCUT2D eigenvalue weighted by atomic mass is 10.2. The number of nitrogens with zero attached hydrogens (tertiary/aromatic N) is 2. The predicted molar refractivity (Wildman–Crippen MR) is 118 cm³/mol. The standard InChI is InChI=1S/C19H30N4O3.HI/c1-4-18(24)23-10-9-16(14-23)22-19(20-2)21-13-15-5-7-17(8-6-15)26-12-11-25-3;/h5-8,16H,4,9-14H2,1-3H3,(H2,20,21,22);1H. The zero-order valence-electron chi connectivity index (χ0n) is 16.4. The third-order valence-corrected chi connectivity index (χ3v) is 4.35. The van der Waals surface area contributed by atoms with Crippen molar-refractivity contribution in [3.63, 3.8) is 0 Å². The number of rotatable bonds is 8. The molecule has 0 spiro atoms. The molecule has 1 aromatic rings. The molecule has 0 saturated carbocycles. The van der Waals surface area contributed by atoms with Crippen molar-refractivity contribution in [3.05, 3.63) is 29.8 Å². The highest BCUT2D eigenvalue weighted by Gasteiger charge is 2.25. The van der Waals surface area contributed by atoms with Gasteiger partial charge in [-0.25, -0.2) is 0 Å². The fraction of sp³-hybridized carbons (Fsp3) is 0.579. The minimum atomic E-state index is 0. The number of amides is 1. The average Bonchev–Trinajstić information content (AvgIpc) is 3.14. The van der Waals surface area contributed by atoms with Crippen LogP contribution in [0.5, 0.6) is 5.75 Å². The SMILES string of the molecule is CCC(=O)N1CCC(NC(=NC)NCc2ccc(OCCOC)cc2)C1.I. The maximum atomic E-state index is 11.8. The van der Waals surface area contributed by atoms with Crippen molar-refractivity contribution in [2.45, 2.75) is 32.4 Å². The summed E-state index contributed by atoms with van der Waals surface area (Å²) in [6.45, 7) is 5.24. The van der Waals surface area contributed by atoms with Gasteiger partial charge in [0.1, 0.15) is 12.4 Å². The van der Waals surface area contributed by atoms with Gasteiger partial charge < -0.3 is 25.0 Å². The molecule has 152 valence electrons. The molecule has 7 nitrogen and oxygen atoms in total. The zero-order valence-corrected chi connectivity index (χ0v) is 18.7. The molecule has 0 aliphatic carbocycles. The maximum Gasteiger partial charge on any atom is 0.222 e. The number of methoxy groups -OCH3 is 1. The molecule has 1 unspecified atom stereocenters. The lowest BCUT2D eigenvalue weighted by Gasteiger charge is -2.18. The Morgan fingerprint density at radius 1 is 1.30 bits per heavy atom. The van der Waals surface area contributed by atoms with Crippen molar-refractivity contribution in [3.8, 4) is 5.75 Å². The molecule has 0 aromatic heterocycles. The van der Waals surface area contributed by atoms with Crippen LogP contribution in [0.2, 0.25) is 0 Å². The number of likely N-dealkylation sites (tertiary alicyclic amines) is 1. The molecular weight excluding hydrogens is 459 g/mol. The second kappa shape index (κ2) is 12.8. The third-order valence-electron chi connectivity index (χ3n) is 4.35. The van der Waals surface area contributed by atoms with E-state index in [4.69, 9.17) is 9.47 Å². The molecule has 2 N–H and O–H groups in total. The summed E-state index contributed by atoms with van der Waals surface area (Å²) in [4.78, 5) is 18.0. The van der Waals surface area contributed by atoms with Crippen LogP contribution in [-0.4, -0.2) is 63.3 Å². The largest absolute Gasteiger partial charge is 0.491 e. The number of guanidine groups is 1. The molecule has 1 fully saturated rings. The van der Waals surface area contributed by atoms with Crippen molar-refractivity contribution >= 4 is 35.8 Å². The van der Waals surface area contributed by atoms with Gasteiger partial charge in [0.2, 0.25) is 5.91 Å². The van der Waals surface area contributed by atoms with E-state index in [1.165, 1.54) is 0 Å². The summed E-state index contributed by atoms with van der Waals surface area (Å²) in [5.41, 5.74) is 1.14. The summed E-state index contributed by atoms with van der Waals surface area (Å²) in [5.74, 6) is 1.80. The number of carbonyl (C=O) groups excluding carboxylic acids is 1. The van der Waals surface area contributed by atoms with Crippen LogP contribution in [0.3, 0.4) is 0 Å². The minimum absolute atomic E-state index is 0. The number of aliphatic imine (C=N–C) groups is 1. The van der Waals surface area contributed by atoms with Crippen LogP contribution < -0.4 is 15.4 Å². The molecule has 0 radical (unpaired) electrons. The van der Waals surface area contributed by atoms with E-state index in [2.05, 4.69) is 15.6 Å². The van der Waals surface area contributed by atoms with E-state index in [1.54, 1.807) is 14.2 Å². The molecule has 1 aliphatic rings. The number of halogens is 1. The molecular formula is C19H31IN4O3. The Labute approximate surface area is 178 Å². The summed E-state index contributed by atoms with van der Waals surface area (Å²) in [6, 6.07) is 8.20. The van der Waals surface area contributed by atoms with Crippen molar-refractivity contribution in [1.82, 2.24) is 15.5 Å². The molecule has 1 heterocycles. The fourth-order valence-corrected chi connectivity index (χ4v) is 2.85. The number of benzene rings is 1. The van der Waals surface area contributed by atoms with Crippen LogP contribution in [-0.2, 0) is 16.1 Å². The Morgan fingerprint density at radius 2 is 2.04 bits per heavy atom. The van der Waals surface area contributed by atoms with Gasteiger partial charge in [-0.05, 0) is 24.1 Å². The Bertz CT molecular complexity index is 595. The van der Waals surface area contributed by atoms with Crippen molar-refractivity contribution in [1.29, 1.82) is 0 Å². The molecule has 1 aromatic carbocycles. The molecule has 1 saturated heterocycles. The molecule has 8 heteroatoms. The summed E-state index contributed by atoms with van der Waals surface area (Å²) in [6.07, 6.45) is 1.50. The van der Waals surface area contributed by atoms with Gasteiger partial charge in [-0.2, -0.15) is 0 Å². The lowest BCUT2D eigenvalue weighted by molar-refractivity contribution is -0.129. The number of carbonyl (C=O) groups is 1. The second-order valence-corrected chi connectivity index (χ2v) is 6.23. The molecule has 0 bridgehead atoms. The van der Waals surface area contributed by atoms with Gasteiger partial charge in [-0.3, -0.25) is 9.79 Å². The molecule has 1 aliphatic heterocycles. The van der Waals surface area contributed by atoms with Crippen molar-refractivity contribution in [2.24, 2.45) is 4.99 Å². The molecule has 27 heavy (non-hydrogen) atoms. The Morgan fingerprint density at radius 3 is 2.67 bits per heavy atom. The van der Waals surface area contributed by atoms with Gasteiger partial charge in [-0.1, -0.05) is 19.1 Å². The number of hydrogen-bond donors (Lipinski definition) is 2. The summed E-state index contributed by atoms with van der Waals surface area (Å²) >= 11 is 0. The number of nitrogens with one attached hydrogen (secondary N) is 2. The topological polar surface area (TPSA) is 75.2 Å². The molecule has 1 amide bonds. The first-order valence-corrected chi connectivity index (χ1v) is 9.12. The first-order valence-electron chi connectivity index (χ1n) is 9.12. The van der Waals surface area contributed by atoms with Crippen molar-refractivity contribution < 1.29 is 14.3 Å². The monoisotopic (exact) mass is 490 g/mol. The Kier molecular flexibility index (Phi) is 11.1. The van der Waals surface area contributed by atoms with Crippen LogP contribution in [0.1, 0.15) is 25.3 Å². The van der Waals surface area contributed by atoms with E-state index in [1.807, 2.05) is 36.1 Å². The van der Waals surface area contributed by atoms with Gasteiger partial charge in [0.15, 0.2) is 5.96 Å². The zero-order chi connectivity index (χ0) is 18.8. The summed E-state index contributed by atoms with van der Waals surface area (Å²) in [7, 11) is 3.41. The third kappa shape index (κ3) is 7.92. The highest BCUT2D eigenvalue weighted by molar-refractivity contribution is 14.0. The molecule has 1 atom stereocenters. The summed E-state index contributed by atoms with van der Waals surface area (Å²) < 4.78 is 10.5. The van der Waals surface area contributed by atoms with E-state index < -0.39 is 0 Å².